The second kappa shape index (κ2) is 5.85. The second-order valence-electron chi connectivity index (χ2n) is 4.66. The van der Waals surface area contributed by atoms with Crippen molar-refractivity contribution in [3.05, 3.63) is 54.3 Å². The van der Waals surface area contributed by atoms with Crippen LogP contribution < -0.4 is 10.5 Å². The summed E-state index contributed by atoms with van der Waals surface area (Å²) in [5.41, 5.74) is 7.75. The fourth-order valence-electron chi connectivity index (χ4n) is 2.09. The number of hydrogen-bond donors (Lipinski definition) is 1. The molecule has 1 aromatic heterocycles. The summed E-state index contributed by atoms with van der Waals surface area (Å²) < 4.78 is 20.5. The largest absolute Gasteiger partial charge is 0.463 e. The molecule has 0 aliphatic rings. The van der Waals surface area contributed by atoms with E-state index < -0.39 is 0 Å². The van der Waals surface area contributed by atoms with Crippen molar-refractivity contribution < 1.29 is 9.13 Å². The summed E-state index contributed by atoms with van der Waals surface area (Å²) in [6.07, 6.45) is 0. The Kier molecular flexibility index (Phi) is 3.74. The van der Waals surface area contributed by atoms with Gasteiger partial charge >= 0.3 is 6.01 Å². The lowest BCUT2D eigenvalue weighted by molar-refractivity contribution is 0.312. The van der Waals surface area contributed by atoms with Gasteiger partial charge in [-0.3, -0.25) is 0 Å². The van der Waals surface area contributed by atoms with Crippen LogP contribution in [0.1, 0.15) is 6.92 Å². The maximum Gasteiger partial charge on any atom is 0.336 e. The Morgan fingerprint density at radius 2 is 1.95 bits per heavy atom. The van der Waals surface area contributed by atoms with Gasteiger partial charge in [0, 0.05) is 11.3 Å². The monoisotopic (exact) mass is 298 g/mol. The van der Waals surface area contributed by atoms with E-state index in [2.05, 4.69) is 10.1 Å². The number of rotatable bonds is 4. The quantitative estimate of drug-likeness (QED) is 0.752. The highest BCUT2D eigenvalue weighted by molar-refractivity contribution is 5.59. The zero-order valence-corrected chi connectivity index (χ0v) is 12.0. The number of aromatic nitrogens is 3. The van der Waals surface area contributed by atoms with Gasteiger partial charge in [-0.15, -0.1) is 5.10 Å². The standard InChI is InChI=1S/C16H15FN4O/c1-2-22-16-19-15(11-4-3-5-12(17)10-11)21(20-16)14-8-6-13(18)7-9-14/h3-10H,2,18H2,1H3. The minimum absolute atomic E-state index is 0.249. The van der Waals surface area contributed by atoms with E-state index in [0.717, 1.165) is 5.69 Å². The van der Waals surface area contributed by atoms with Crippen LogP contribution in [0.4, 0.5) is 10.1 Å². The molecule has 0 unspecified atom stereocenters. The van der Waals surface area contributed by atoms with E-state index in [0.29, 0.717) is 23.7 Å². The number of anilines is 1. The minimum Gasteiger partial charge on any atom is -0.463 e. The van der Waals surface area contributed by atoms with Gasteiger partial charge in [0.1, 0.15) is 5.82 Å². The molecule has 0 saturated carbocycles. The van der Waals surface area contributed by atoms with Crippen LogP contribution in [-0.2, 0) is 0 Å². The molecule has 3 aromatic rings. The average Bonchev–Trinajstić information content (AvgIpc) is 2.92. The van der Waals surface area contributed by atoms with Crippen molar-refractivity contribution in [3.8, 4) is 23.1 Å². The molecule has 0 amide bonds. The second-order valence-corrected chi connectivity index (χ2v) is 4.66. The first-order valence-corrected chi connectivity index (χ1v) is 6.89. The molecule has 0 fully saturated rings. The fraction of sp³-hybridized carbons (Fsp3) is 0.125. The van der Waals surface area contributed by atoms with Crippen LogP contribution >= 0.6 is 0 Å². The van der Waals surface area contributed by atoms with E-state index in [-0.39, 0.29) is 11.8 Å². The summed E-state index contributed by atoms with van der Waals surface area (Å²) in [5, 5.41) is 4.33. The van der Waals surface area contributed by atoms with E-state index >= 15 is 0 Å². The highest BCUT2D eigenvalue weighted by atomic mass is 19.1. The average molecular weight is 298 g/mol. The van der Waals surface area contributed by atoms with Crippen molar-refractivity contribution in [1.82, 2.24) is 14.8 Å². The van der Waals surface area contributed by atoms with Crippen LogP contribution in [0.15, 0.2) is 48.5 Å². The van der Waals surface area contributed by atoms with Gasteiger partial charge in [0.05, 0.1) is 12.3 Å². The third kappa shape index (κ3) is 2.76. The van der Waals surface area contributed by atoms with Gasteiger partial charge in [0.15, 0.2) is 5.82 Å². The van der Waals surface area contributed by atoms with Crippen LogP contribution in [0.2, 0.25) is 0 Å². The molecule has 5 nitrogen and oxygen atoms in total. The Balaban J connectivity index is 2.13. The molecule has 0 radical (unpaired) electrons. The summed E-state index contributed by atoms with van der Waals surface area (Å²) >= 11 is 0. The normalized spacial score (nSPS) is 10.6. The highest BCUT2D eigenvalue weighted by Gasteiger charge is 2.14. The number of hydrogen-bond acceptors (Lipinski definition) is 4. The van der Waals surface area contributed by atoms with Crippen molar-refractivity contribution in [2.75, 3.05) is 12.3 Å². The number of ether oxygens (including phenoxy) is 1. The molecule has 2 N–H and O–H groups in total. The first-order valence-electron chi connectivity index (χ1n) is 6.89. The summed E-state index contributed by atoms with van der Waals surface area (Å²) in [6.45, 7) is 2.31. The van der Waals surface area contributed by atoms with Gasteiger partial charge in [-0.2, -0.15) is 4.98 Å². The summed E-state index contributed by atoms with van der Waals surface area (Å²) in [4.78, 5) is 4.34. The zero-order chi connectivity index (χ0) is 15.5. The molecule has 0 saturated heterocycles. The van der Waals surface area contributed by atoms with Crippen LogP contribution in [0, 0.1) is 5.82 Å². The first kappa shape index (κ1) is 14.1. The van der Waals surface area contributed by atoms with E-state index in [1.807, 2.05) is 19.1 Å². The molecular weight excluding hydrogens is 283 g/mol. The van der Waals surface area contributed by atoms with Gasteiger partial charge in [0.2, 0.25) is 0 Å². The van der Waals surface area contributed by atoms with Crippen molar-refractivity contribution in [2.45, 2.75) is 6.92 Å². The molecule has 0 spiro atoms. The maximum atomic E-state index is 13.5. The number of benzene rings is 2. The van der Waals surface area contributed by atoms with Crippen LogP contribution in [0.5, 0.6) is 6.01 Å². The Morgan fingerprint density at radius 3 is 2.64 bits per heavy atom. The number of halogens is 1. The van der Waals surface area contributed by atoms with E-state index in [4.69, 9.17) is 10.5 Å². The van der Waals surface area contributed by atoms with Crippen LogP contribution in [-0.4, -0.2) is 21.4 Å². The predicted octanol–water partition coefficient (Wildman–Crippen LogP) is 3.05. The van der Waals surface area contributed by atoms with E-state index in [1.165, 1.54) is 12.1 Å². The summed E-state index contributed by atoms with van der Waals surface area (Å²) in [7, 11) is 0. The third-order valence-electron chi connectivity index (χ3n) is 3.08. The highest BCUT2D eigenvalue weighted by Crippen LogP contribution is 2.24. The van der Waals surface area contributed by atoms with Gasteiger partial charge in [-0.25, -0.2) is 9.07 Å². The smallest absolute Gasteiger partial charge is 0.336 e. The van der Waals surface area contributed by atoms with E-state index in [9.17, 15) is 4.39 Å². The van der Waals surface area contributed by atoms with Crippen LogP contribution in [0.3, 0.4) is 0 Å². The third-order valence-corrected chi connectivity index (χ3v) is 3.08. The molecular formula is C16H15FN4O. The molecule has 0 bridgehead atoms. The summed E-state index contributed by atoms with van der Waals surface area (Å²) in [5.74, 6) is 0.176. The first-order chi connectivity index (χ1) is 10.7. The van der Waals surface area contributed by atoms with Crippen LogP contribution in [0.25, 0.3) is 17.1 Å². The maximum absolute atomic E-state index is 13.5. The van der Waals surface area contributed by atoms with Crippen molar-refractivity contribution in [2.24, 2.45) is 0 Å². The van der Waals surface area contributed by atoms with Gasteiger partial charge in [-0.05, 0) is 43.3 Å². The molecule has 1 heterocycles. The Bertz CT molecular complexity index is 783. The van der Waals surface area contributed by atoms with E-state index in [1.54, 1.807) is 28.9 Å². The minimum atomic E-state index is -0.331. The van der Waals surface area contributed by atoms with Gasteiger partial charge in [0.25, 0.3) is 0 Å². The SMILES string of the molecule is CCOc1nc(-c2cccc(F)c2)n(-c2ccc(N)cc2)n1. The molecule has 0 aliphatic heterocycles. The van der Waals surface area contributed by atoms with Crippen molar-refractivity contribution in [3.63, 3.8) is 0 Å². The lowest BCUT2D eigenvalue weighted by Gasteiger charge is -2.06. The fourth-order valence-corrected chi connectivity index (χ4v) is 2.09. The number of nitrogens with two attached hydrogens (primary N) is 1. The molecule has 112 valence electrons. The Morgan fingerprint density at radius 1 is 1.18 bits per heavy atom. The van der Waals surface area contributed by atoms with Crippen molar-refractivity contribution >= 4 is 5.69 Å². The molecule has 0 aliphatic carbocycles. The Hall–Kier alpha value is -2.89. The molecule has 2 aromatic carbocycles. The van der Waals surface area contributed by atoms with Gasteiger partial charge < -0.3 is 10.5 Å². The predicted molar refractivity (Wildman–Crippen MR) is 82.3 cm³/mol. The number of nitrogens with zero attached hydrogens (tertiary/aromatic N) is 3. The molecule has 3 rings (SSSR count). The van der Waals surface area contributed by atoms with Gasteiger partial charge in [-0.1, -0.05) is 12.1 Å². The molecule has 0 atom stereocenters. The number of nitrogen functional groups attached to an aromatic ring is 1. The zero-order valence-electron chi connectivity index (χ0n) is 12.0. The topological polar surface area (TPSA) is 66.0 Å². The van der Waals surface area contributed by atoms with Crippen molar-refractivity contribution in [1.29, 1.82) is 0 Å². The molecule has 22 heavy (non-hydrogen) atoms. The summed E-state index contributed by atoms with van der Waals surface area (Å²) in [6, 6.07) is 13.6. The lowest BCUT2D eigenvalue weighted by Crippen LogP contribution is -2.00. The Labute approximate surface area is 127 Å². The lowest BCUT2D eigenvalue weighted by atomic mass is 10.2. The molecule has 6 heteroatoms.